The van der Waals surface area contributed by atoms with Gasteiger partial charge in [0.05, 0.1) is 11.4 Å². The van der Waals surface area contributed by atoms with Crippen molar-refractivity contribution in [3.8, 4) is 12.4 Å². The summed E-state index contributed by atoms with van der Waals surface area (Å²) in [4.78, 5) is 12.1. The average molecular weight is 410 g/mol. The fraction of sp³-hybridized carbons (Fsp3) is 0.533. The van der Waals surface area contributed by atoms with Gasteiger partial charge in [0, 0.05) is 44.4 Å². The molecule has 12 heteroatoms. The lowest BCUT2D eigenvalue weighted by molar-refractivity contribution is 0.521. The molecule has 0 atom stereocenters. The molecule has 0 saturated carbocycles. The Morgan fingerprint density at radius 1 is 1.04 bits per heavy atom. The zero-order valence-electron chi connectivity index (χ0n) is 15.3. The minimum absolute atomic E-state index is 0.463. The third-order valence-electron chi connectivity index (χ3n) is 3.07. The standard InChI is InChI=1S/C15H23N9OS2/c1-18-14(22-9-16)20-3-5-26-7-12-13(25-11-24-12)8-27-6-4-21-15(19-2)23-10-17/h11H,3-8H2,1-2H3,(H2,18,20,22)(H2,19,21,23). The van der Waals surface area contributed by atoms with Gasteiger partial charge in [-0.2, -0.15) is 34.0 Å². The lowest BCUT2D eigenvalue weighted by Gasteiger charge is -2.07. The normalized spacial score (nSPS) is 11.4. The van der Waals surface area contributed by atoms with Crippen molar-refractivity contribution < 1.29 is 4.42 Å². The Morgan fingerprint density at radius 3 is 2.11 bits per heavy atom. The summed E-state index contributed by atoms with van der Waals surface area (Å²) in [7, 11) is 3.23. The Kier molecular flexibility index (Phi) is 12.1. The van der Waals surface area contributed by atoms with E-state index < -0.39 is 0 Å². The maximum absolute atomic E-state index is 8.56. The molecule has 0 aliphatic heterocycles. The van der Waals surface area contributed by atoms with E-state index in [9.17, 15) is 0 Å². The van der Waals surface area contributed by atoms with Gasteiger partial charge in [0.25, 0.3) is 0 Å². The topological polar surface area (TPSA) is 146 Å². The number of nitrogens with zero attached hydrogens (tertiary/aromatic N) is 5. The van der Waals surface area contributed by atoms with Crippen LogP contribution in [0.1, 0.15) is 11.5 Å². The van der Waals surface area contributed by atoms with Gasteiger partial charge in [-0.15, -0.1) is 0 Å². The molecular formula is C15H23N9OS2. The SMILES string of the molecule is CN=C(NC#N)NCCSCc1ncoc1CSCCNC(=NC)NC#N. The van der Waals surface area contributed by atoms with Crippen molar-refractivity contribution >= 4 is 35.4 Å². The second-order valence-electron chi connectivity index (χ2n) is 4.80. The summed E-state index contributed by atoms with van der Waals surface area (Å²) in [5.41, 5.74) is 0.946. The maximum atomic E-state index is 8.56. The number of aromatic nitrogens is 1. The monoisotopic (exact) mass is 409 g/mol. The van der Waals surface area contributed by atoms with E-state index in [1.54, 1.807) is 37.6 Å². The lowest BCUT2D eigenvalue weighted by atomic mass is 10.4. The Balaban J connectivity index is 2.21. The first kappa shape index (κ1) is 22.5. The molecule has 4 N–H and O–H groups in total. The van der Waals surface area contributed by atoms with Crippen LogP contribution in [0.5, 0.6) is 0 Å². The summed E-state index contributed by atoms with van der Waals surface area (Å²) >= 11 is 3.44. The molecule has 0 saturated heterocycles. The number of oxazole rings is 1. The molecule has 0 spiro atoms. The molecule has 27 heavy (non-hydrogen) atoms. The van der Waals surface area contributed by atoms with Crippen molar-refractivity contribution in [2.75, 3.05) is 38.7 Å². The molecule has 0 radical (unpaired) electrons. The van der Waals surface area contributed by atoms with Gasteiger partial charge in [-0.05, 0) is 0 Å². The number of hydrogen-bond acceptors (Lipinski definition) is 8. The van der Waals surface area contributed by atoms with Crippen LogP contribution in [-0.2, 0) is 11.5 Å². The van der Waals surface area contributed by atoms with Gasteiger partial charge in [0.2, 0.25) is 11.9 Å². The molecule has 0 bridgehead atoms. The van der Waals surface area contributed by atoms with Crippen LogP contribution in [0, 0.1) is 22.9 Å². The first-order valence-corrected chi connectivity index (χ1v) is 10.3. The van der Waals surface area contributed by atoms with Crippen molar-refractivity contribution in [3.63, 3.8) is 0 Å². The van der Waals surface area contributed by atoms with Crippen LogP contribution >= 0.6 is 23.5 Å². The molecule has 0 aliphatic rings. The number of guanidine groups is 2. The molecule has 0 fully saturated rings. The van der Waals surface area contributed by atoms with Crippen molar-refractivity contribution in [2.45, 2.75) is 11.5 Å². The first-order chi connectivity index (χ1) is 13.2. The highest BCUT2D eigenvalue weighted by molar-refractivity contribution is 7.98. The van der Waals surface area contributed by atoms with E-state index in [1.165, 1.54) is 6.39 Å². The van der Waals surface area contributed by atoms with E-state index in [1.807, 2.05) is 12.4 Å². The first-order valence-electron chi connectivity index (χ1n) is 8.03. The van der Waals surface area contributed by atoms with Crippen molar-refractivity contribution in [1.29, 1.82) is 10.5 Å². The predicted molar refractivity (Wildman–Crippen MR) is 109 cm³/mol. The average Bonchev–Trinajstić information content (AvgIpc) is 3.13. The Morgan fingerprint density at radius 2 is 1.59 bits per heavy atom. The molecule has 1 rings (SSSR count). The maximum Gasteiger partial charge on any atom is 0.204 e. The van der Waals surface area contributed by atoms with E-state index in [2.05, 4.69) is 36.2 Å². The molecule has 0 aliphatic carbocycles. The summed E-state index contributed by atoms with van der Waals surface area (Å²) in [6.45, 7) is 1.38. The van der Waals surface area contributed by atoms with Gasteiger partial charge in [-0.1, -0.05) is 0 Å². The molecule has 1 aromatic rings. The molecule has 1 heterocycles. The minimum Gasteiger partial charge on any atom is -0.447 e. The van der Waals surface area contributed by atoms with Gasteiger partial charge < -0.3 is 15.1 Å². The Hall–Kier alpha value is -2.57. The van der Waals surface area contributed by atoms with E-state index in [0.29, 0.717) is 25.0 Å². The van der Waals surface area contributed by atoms with Gasteiger partial charge in [-0.25, -0.2) is 4.98 Å². The predicted octanol–water partition coefficient (Wildman–Crippen LogP) is 0.433. The smallest absolute Gasteiger partial charge is 0.204 e. The summed E-state index contributed by atoms with van der Waals surface area (Å²) in [5.74, 6) is 4.99. The number of thioether (sulfide) groups is 2. The lowest BCUT2D eigenvalue weighted by Crippen LogP contribution is -2.35. The van der Waals surface area contributed by atoms with Crippen molar-refractivity contribution in [1.82, 2.24) is 26.3 Å². The van der Waals surface area contributed by atoms with Crippen molar-refractivity contribution in [3.05, 3.63) is 17.8 Å². The zero-order chi connectivity index (χ0) is 19.7. The second kappa shape index (κ2) is 14.6. The van der Waals surface area contributed by atoms with E-state index >= 15 is 0 Å². The van der Waals surface area contributed by atoms with Gasteiger partial charge in [-0.3, -0.25) is 20.6 Å². The molecule has 1 aromatic heterocycles. The van der Waals surface area contributed by atoms with Crippen LogP contribution in [0.3, 0.4) is 0 Å². The fourth-order valence-corrected chi connectivity index (χ4v) is 3.44. The van der Waals surface area contributed by atoms with E-state index in [-0.39, 0.29) is 0 Å². The summed E-state index contributed by atoms with van der Waals surface area (Å²) in [6.07, 6.45) is 5.13. The minimum atomic E-state index is 0.463. The number of aliphatic imine (C=N–C) groups is 2. The third-order valence-corrected chi connectivity index (χ3v) is 5.00. The highest BCUT2D eigenvalue weighted by Gasteiger charge is 2.08. The molecule has 10 nitrogen and oxygen atoms in total. The molecule has 0 aromatic carbocycles. The van der Waals surface area contributed by atoms with Crippen LogP contribution in [0.2, 0.25) is 0 Å². The largest absolute Gasteiger partial charge is 0.447 e. The Bertz CT molecular complexity index is 634. The number of hydrogen-bond donors (Lipinski definition) is 4. The van der Waals surface area contributed by atoms with Gasteiger partial charge in [0.15, 0.2) is 18.8 Å². The second-order valence-corrected chi connectivity index (χ2v) is 7.01. The Labute approximate surface area is 167 Å². The molecular weight excluding hydrogens is 386 g/mol. The zero-order valence-corrected chi connectivity index (χ0v) is 16.9. The van der Waals surface area contributed by atoms with Crippen molar-refractivity contribution in [2.24, 2.45) is 9.98 Å². The van der Waals surface area contributed by atoms with Crippen LogP contribution < -0.4 is 21.3 Å². The summed E-state index contributed by atoms with van der Waals surface area (Å²) < 4.78 is 5.47. The number of rotatable bonds is 10. The summed E-state index contributed by atoms with van der Waals surface area (Å²) in [5, 5.41) is 28.1. The van der Waals surface area contributed by atoms with Gasteiger partial charge in [0.1, 0.15) is 5.76 Å². The van der Waals surface area contributed by atoms with Crippen LogP contribution in [0.4, 0.5) is 0 Å². The third kappa shape index (κ3) is 9.63. The quantitative estimate of drug-likeness (QED) is 0.141. The molecule has 0 amide bonds. The van der Waals surface area contributed by atoms with E-state index in [4.69, 9.17) is 14.9 Å². The number of nitrogens with one attached hydrogen (secondary N) is 4. The highest BCUT2D eigenvalue weighted by atomic mass is 32.2. The van der Waals surface area contributed by atoms with Crippen LogP contribution in [-0.4, -0.2) is 55.6 Å². The van der Waals surface area contributed by atoms with Crippen LogP contribution in [0.15, 0.2) is 20.8 Å². The van der Waals surface area contributed by atoms with Crippen LogP contribution in [0.25, 0.3) is 0 Å². The summed E-state index contributed by atoms with van der Waals surface area (Å²) in [6, 6.07) is 0. The molecule has 146 valence electrons. The number of nitriles is 2. The fourth-order valence-electron chi connectivity index (χ4n) is 1.81. The van der Waals surface area contributed by atoms with E-state index in [0.717, 1.165) is 34.5 Å². The molecule has 0 unspecified atom stereocenters. The van der Waals surface area contributed by atoms with Gasteiger partial charge >= 0.3 is 0 Å². The highest BCUT2D eigenvalue weighted by Crippen LogP contribution is 2.19.